The second kappa shape index (κ2) is 7.93. The second-order valence-electron chi connectivity index (χ2n) is 5.12. The smallest absolute Gasteiger partial charge is 0.416 e. The molecule has 134 valence electrons. The lowest BCUT2D eigenvalue weighted by Crippen LogP contribution is -2.09. The lowest BCUT2D eigenvalue weighted by Gasteiger charge is -2.09. The van der Waals surface area contributed by atoms with E-state index in [0.717, 1.165) is 12.1 Å². The molecule has 0 spiro atoms. The fraction of sp³-hybridized carbons (Fsp3) is 0.111. The first-order valence-corrected chi connectivity index (χ1v) is 7.52. The minimum atomic E-state index is -4.51. The summed E-state index contributed by atoms with van der Waals surface area (Å²) < 4.78 is 43.4. The van der Waals surface area contributed by atoms with Crippen molar-refractivity contribution < 1.29 is 27.8 Å². The maximum absolute atomic E-state index is 12.8. The summed E-state index contributed by atoms with van der Waals surface area (Å²) in [7, 11) is 0. The molecule has 1 N–H and O–H groups in total. The number of alkyl halides is 3. The first kappa shape index (κ1) is 19.3. The number of halogens is 4. The van der Waals surface area contributed by atoms with Crippen LogP contribution in [-0.4, -0.2) is 17.7 Å². The van der Waals surface area contributed by atoms with Crippen molar-refractivity contribution >= 4 is 29.2 Å². The minimum absolute atomic E-state index is 0.0198. The predicted molar refractivity (Wildman–Crippen MR) is 89.5 cm³/mol. The van der Waals surface area contributed by atoms with E-state index in [0.29, 0.717) is 5.56 Å². The summed E-state index contributed by atoms with van der Waals surface area (Å²) in [6.07, 6.45) is -3.13. The van der Waals surface area contributed by atoms with Crippen LogP contribution in [-0.2, 0) is 11.0 Å². The van der Waals surface area contributed by atoms with Crippen molar-refractivity contribution in [2.45, 2.75) is 6.18 Å². The molecular formula is C18H11ClF3NO3. The van der Waals surface area contributed by atoms with E-state index < -0.39 is 24.3 Å². The zero-order valence-electron chi connectivity index (χ0n) is 13.0. The molecule has 8 heteroatoms. The first-order valence-electron chi connectivity index (χ1n) is 7.14. The summed E-state index contributed by atoms with van der Waals surface area (Å²) >= 11 is 5.99. The molecule has 0 saturated carbocycles. The van der Waals surface area contributed by atoms with Gasteiger partial charge in [-0.05, 0) is 41.5 Å². The number of nitrogens with zero attached hydrogens (tertiary/aromatic N) is 1. The van der Waals surface area contributed by atoms with Gasteiger partial charge in [-0.2, -0.15) is 18.4 Å². The van der Waals surface area contributed by atoms with Gasteiger partial charge in [-0.3, -0.25) is 0 Å². The van der Waals surface area contributed by atoms with Crippen molar-refractivity contribution in [3.8, 4) is 11.8 Å². The number of allylic oxidation sites excluding steroid dienone is 1. The lowest BCUT2D eigenvalue weighted by molar-refractivity contribution is -0.139. The maximum Gasteiger partial charge on any atom is 0.416 e. The Labute approximate surface area is 151 Å². The van der Waals surface area contributed by atoms with Gasteiger partial charge < -0.3 is 9.84 Å². The molecule has 0 aliphatic rings. The summed E-state index contributed by atoms with van der Waals surface area (Å²) in [5, 5.41) is 18.0. The van der Waals surface area contributed by atoms with Gasteiger partial charge in [0.2, 0.25) is 0 Å². The molecule has 0 unspecified atom stereocenters. The van der Waals surface area contributed by atoms with Gasteiger partial charge in [0.1, 0.15) is 5.75 Å². The molecular weight excluding hydrogens is 371 g/mol. The zero-order valence-corrected chi connectivity index (χ0v) is 13.8. The summed E-state index contributed by atoms with van der Waals surface area (Å²) in [4.78, 5) is 10.5. The highest BCUT2D eigenvalue weighted by atomic mass is 35.5. The Hall–Kier alpha value is -2.98. The van der Waals surface area contributed by atoms with Crippen molar-refractivity contribution in [3.05, 3.63) is 64.2 Å². The number of hydrogen-bond acceptors (Lipinski definition) is 3. The van der Waals surface area contributed by atoms with E-state index in [1.165, 1.54) is 36.4 Å². The van der Waals surface area contributed by atoms with Crippen LogP contribution in [0.1, 0.15) is 16.7 Å². The number of hydrogen-bond donors (Lipinski definition) is 1. The summed E-state index contributed by atoms with van der Waals surface area (Å²) in [5.74, 6) is -1.02. The lowest BCUT2D eigenvalue weighted by atomic mass is 10.0. The van der Waals surface area contributed by atoms with Gasteiger partial charge in [-0.15, -0.1) is 0 Å². The molecule has 0 heterocycles. The van der Waals surface area contributed by atoms with E-state index in [1.807, 2.05) is 6.07 Å². The Morgan fingerprint density at radius 3 is 2.58 bits per heavy atom. The molecule has 0 aromatic heterocycles. The molecule has 0 aliphatic carbocycles. The topological polar surface area (TPSA) is 70.3 Å². The van der Waals surface area contributed by atoms with Crippen LogP contribution in [0.2, 0.25) is 5.02 Å². The van der Waals surface area contributed by atoms with Crippen molar-refractivity contribution in [2.24, 2.45) is 0 Å². The van der Waals surface area contributed by atoms with E-state index in [9.17, 15) is 23.2 Å². The summed E-state index contributed by atoms with van der Waals surface area (Å²) in [6, 6.07) is 10.6. The largest absolute Gasteiger partial charge is 0.480 e. The molecule has 0 radical (unpaired) electrons. The molecule has 2 rings (SSSR count). The molecule has 4 nitrogen and oxygen atoms in total. The Balaban J connectivity index is 2.34. The molecule has 2 aromatic rings. The standard InChI is InChI=1S/C18H11ClF3NO3/c19-15-7-11(4-5-16(15)26-10-17(24)25)6-13(9-23)12-2-1-3-14(8-12)18(20,21)22/h1-8H,10H2,(H,24,25)/b13-6-. The molecule has 0 bridgehead atoms. The van der Waals surface area contributed by atoms with Gasteiger partial charge in [-0.25, -0.2) is 4.79 Å². The molecule has 0 saturated heterocycles. The minimum Gasteiger partial charge on any atom is -0.480 e. The van der Waals surface area contributed by atoms with Crippen LogP contribution in [0.4, 0.5) is 13.2 Å². The van der Waals surface area contributed by atoms with E-state index in [2.05, 4.69) is 0 Å². The average Bonchev–Trinajstić information content (AvgIpc) is 2.58. The molecule has 0 amide bonds. The maximum atomic E-state index is 12.8. The molecule has 26 heavy (non-hydrogen) atoms. The number of ether oxygens (including phenoxy) is 1. The van der Waals surface area contributed by atoms with E-state index in [-0.39, 0.29) is 21.9 Å². The highest BCUT2D eigenvalue weighted by molar-refractivity contribution is 6.32. The van der Waals surface area contributed by atoms with E-state index in [4.69, 9.17) is 21.4 Å². The fourth-order valence-corrected chi connectivity index (χ4v) is 2.32. The van der Waals surface area contributed by atoms with Crippen molar-refractivity contribution in [2.75, 3.05) is 6.61 Å². The van der Waals surface area contributed by atoms with Gasteiger partial charge in [0.05, 0.1) is 22.2 Å². The number of nitriles is 1. The summed E-state index contributed by atoms with van der Waals surface area (Å²) in [5.41, 5.74) is -0.269. The third-order valence-corrected chi connectivity index (χ3v) is 3.53. The second-order valence-corrected chi connectivity index (χ2v) is 5.53. The highest BCUT2D eigenvalue weighted by Crippen LogP contribution is 2.32. The summed E-state index contributed by atoms with van der Waals surface area (Å²) in [6.45, 7) is -0.567. The molecule has 0 aliphatic heterocycles. The quantitative estimate of drug-likeness (QED) is 0.591. The van der Waals surface area contributed by atoms with Gasteiger partial charge in [0.25, 0.3) is 0 Å². The third kappa shape index (κ3) is 5.01. The Morgan fingerprint density at radius 1 is 1.27 bits per heavy atom. The van der Waals surface area contributed by atoms with Crippen LogP contribution in [0.25, 0.3) is 11.6 Å². The number of carbonyl (C=O) groups is 1. The van der Waals surface area contributed by atoms with Gasteiger partial charge in [0.15, 0.2) is 6.61 Å². The highest BCUT2D eigenvalue weighted by Gasteiger charge is 2.30. The van der Waals surface area contributed by atoms with Crippen molar-refractivity contribution in [1.82, 2.24) is 0 Å². The molecule has 0 fully saturated rings. The number of carboxylic acids is 1. The third-order valence-electron chi connectivity index (χ3n) is 3.24. The van der Waals surface area contributed by atoms with Gasteiger partial charge in [0, 0.05) is 0 Å². The number of rotatable bonds is 5. The van der Waals surface area contributed by atoms with Crippen LogP contribution in [0.5, 0.6) is 5.75 Å². The van der Waals surface area contributed by atoms with Crippen molar-refractivity contribution in [3.63, 3.8) is 0 Å². The predicted octanol–water partition coefficient (Wildman–Crippen LogP) is 4.89. The van der Waals surface area contributed by atoms with Crippen LogP contribution >= 0.6 is 11.6 Å². The van der Waals surface area contributed by atoms with Crippen LogP contribution in [0.3, 0.4) is 0 Å². The van der Waals surface area contributed by atoms with E-state index in [1.54, 1.807) is 0 Å². The first-order chi connectivity index (χ1) is 12.2. The van der Waals surface area contributed by atoms with Gasteiger partial charge in [-0.1, -0.05) is 29.8 Å². The molecule has 0 atom stereocenters. The molecule has 2 aromatic carbocycles. The SMILES string of the molecule is N#C/C(=C/c1ccc(OCC(=O)O)c(Cl)c1)c1cccc(C(F)(F)F)c1. The van der Waals surface area contributed by atoms with Crippen LogP contribution in [0, 0.1) is 11.3 Å². The van der Waals surface area contributed by atoms with Gasteiger partial charge >= 0.3 is 12.1 Å². The fourth-order valence-electron chi connectivity index (χ4n) is 2.07. The van der Waals surface area contributed by atoms with Crippen LogP contribution in [0.15, 0.2) is 42.5 Å². The van der Waals surface area contributed by atoms with Crippen molar-refractivity contribution in [1.29, 1.82) is 5.26 Å². The number of aliphatic carboxylic acids is 1. The average molecular weight is 382 g/mol. The Bertz CT molecular complexity index is 901. The van der Waals surface area contributed by atoms with E-state index >= 15 is 0 Å². The Morgan fingerprint density at radius 2 is 2.00 bits per heavy atom. The monoisotopic (exact) mass is 381 g/mol. The number of carboxylic acid groups (broad SMARTS) is 1. The Kier molecular flexibility index (Phi) is 5.90. The van der Waals surface area contributed by atoms with Crippen LogP contribution < -0.4 is 4.74 Å². The normalized spacial score (nSPS) is 11.7. The zero-order chi connectivity index (χ0) is 19.3. The number of benzene rings is 2.